The number of rotatable bonds is 3. The Hall–Kier alpha value is -1.78. The third-order valence-corrected chi connectivity index (χ3v) is 3.08. The normalized spacial score (nSPS) is 15.7. The van der Waals surface area contributed by atoms with Crippen molar-refractivity contribution in [2.75, 3.05) is 0 Å². The van der Waals surface area contributed by atoms with E-state index in [0.717, 1.165) is 43.9 Å². The summed E-state index contributed by atoms with van der Waals surface area (Å²) in [5, 5.41) is 2.61. The van der Waals surface area contributed by atoms with E-state index in [2.05, 4.69) is 5.32 Å². The van der Waals surface area contributed by atoms with E-state index >= 15 is 0 Å². The van der Waals surface area contributed by atoms with Crippen molar-refractivity contribution in [3.63, 3.8) is 0 Å². The van der Waals surface area contributed by atoms with Crippen LogP contribution in [0.4, 0.5) is 8.78 Å². The molecule has 5 heteroatoms. The maximum absolute atomic E-state index is 12.9. The van der Waals surface area contributed by atoms with E-state index in [9.17, 15) is 18.4 Å². The molecule has 1 aliphatic rings. The minimum absolute atomic E-state index is 0.0201. The third-order valence-electron chi connectivity index (χ3n) is 3.08. The van der Waals surface area contributed by atoms with Gasteiger partial charge in [-0.05, 0) is 31.0 Å². The van der Waals surface area contributed by atoms with Crippen LogP contribution in [0.3, 0.4) is 0 Å². The van der Waals surface area contributed by atoms with Gasteiger partial charge in [0.15, 0.2) is 11.6 Å². The summed E-state index contributed by atoms with van der Waals surface area (Å²) in [6.07, 6.45) is 3.78. The van der Waals surface area contributed by atoms with Crippen LogP contribution < -0.4 is 5.32 Å². The smallest absolute Gasteiger partial charge is 0.292 e. The first kappa shape index (κ1) is 12.7. The van der Waals surface area contributed by atoms with Crippen LogP contribution in [0.15, 0.2) is 18.2 Å². The zero-order valence-corrected chi connectivity index (χ0v) is 9.71. The van der Waals surface area contributed by atoms with Gasteiger partial charge in [-0.25, -0.2) is 8.78 Å². The van der Waals surface area contributed by atoms with Gasteiger partial charge in [-0.2, -0.15) is 0 Å². The summed E-state index contributed by atoms with van der Waals surface area (Å²) in [6.45, 7) is 0. The van der Waals surface area contributed by atoms with Gasteiger partial charge in [-0.15, -0.1) is 0 Å². The van der Waals surface area contributed by atoms with Crippen molar-refractivity contribution in [1.29, 1.82) is 0 Å². The van der Waals surface area contributed by atoms with Crippen LogP contribution in [-0.2, 0) is 4.79 Å². The molecular weight excluding hydrogens is 240 g/mol. The number of halogens is 2. The Balaban J connectivity index is 2.05. The van der Waals surface area contributed by atoms with E-state index in [1.807, 2.05) is 0 Å². The van der Waals surface area contributed by atoms with E-state index in [-0.39, 0.29) is 11.6 Å². The van der Waals surface area contributed by atoms with Crippen LogP contribution in [0.25, 0.3) is 0 Å². The van der Waals surface area contributed by atoms with Crippen molar-refractivity contribution in [3.8, 4) is 0 Å². The molecule has 1 amide bonds. The Morgan fingerprint density at radius 2 is 1.78 bits per heavy atom. The van der Waals surface area contributed by atoms with Crippen molar-refractivity contribution in [3.05, 3.63) is 35.4 Å². The van der Waals surface area contributed by atoms with Crippen LogP contribution in [0.2, 0.25) is 0 Å². The molecular formula is C13H13F2NO2. The molecule has 0 unspecified atom stereocenters. The third kappa shape index (κ3) is 2.72. The number of carbonyl (C=O) groups is 2. The first-order valence-electron chi connectivity index (χ1n) is 5.88. The van der Waals surface area contributed by atoms with Crippen molar-refractivity contribution >= 4 is 11.7 Å². The molecule has 1 aromatic rings. The molecule has 0 saturated heterocycles. The van der Waals surface area contributed by atoms with Crippen molar-refractivity contribution < 1.29 is 18.4 Å². The van der Waals surface area contributed by atoms with Crippen LogP contribution in [0, 0.1) is 11.6 Å². The van der Waals surface area contributed by atoms with Gasteiger partial charge in [0.25, 0.3) is 5.91 Å². The van der Waals surface area contributed by atoms with E-state index in [1.165, 1.54) is 0 Å². The number of Topliss-reactive ketones (excluding diaryl/α,β-unsaturated/α-hetero) is 1. The summed E-state index contributed by atoms with van der Waals surface area (Å²) >= 11 is 0. The van der Waals surface area contributed by atoms with Gasteiger partial charge in [0.1, 0.15) is 0 Å². The fourth-order valence-corrected chi connectivity index (χ4v) is 2.09. The van der Waals surface area contributed by atoms with E-state index in [0.29, 0.717) is 0 Å². The second-order valence-electron chi connectivity index (χ2n) is 4.41. The second kappa shape index (κ2) is 5.25. The van der Waals surface area contributed by atoms with Crippen molar-refractivity contribution in [2.45, 2.75) is 31.7 Å². The number of nitrogens with one attached hydrogen (secondary N) is 1. The van der Waals surface area contributed by atoms with Crippen LogP contribution >= 0.6 is 0 Å². The minimum Gasteiger partial charge on any atom is -0.346 e. The first-order chi connectivity index (χ1) is 8.58. The highest BCUT2D eigenvalue weighted by atomic mass is 19.2. The van der Waals surface area contributed by atoms with Gasteiger partial charge in [0, 0.05) is 11.6 Å². The lowest BCUT2D eigenvalue weighted by atomic mass is 10.1. The molecule has 0 aliphatic heterocycles. The number of carbonyl (C=O) groups excluding carboxylic acids is 2. The lowest BCUT2D eigenvalue weighted by Gasteiger charge is -2.10. The monoisotopic (exact) mass is 253 g/mol. The maximum Gasteiger partial charge on any atom is 0.292 e. The van der Waals surface area contributed by atoms with Crippen LogP contribution in [0.5, 0.6) is 0 Å². The molecule has 0 atom stereocenters. The Morgan fingerprint density at radius 3 is 2.39 bits per heavy atom. The minimum atomic E-state index is -1.13. The van der Waals surface area contributed by atoms with Gasteiger partial charge in [0.2, 0.25) is 5.78 Å². The number of hydrogen-bond donors (Lipinski definition) is 1. The molecule has 1 aromatic carbocycles. The molecule has 0 bridgehead atoms. The van der Waals surface area contributed by atoms with E-state index in [1.54, 1.807) is 0 Å². The molecule has 1 fully saturated rings. The SMILES string of the molecule is O=C(NC1CCCC1)C(=O)c1ccc(F)c(F)c1. The van der Waals surface area contributed by atoms with E-state index in [4.69, 9.17) is 0 Å². The Kier molecular flexibility index (Phi) is 3.69. The Labute approximate surface area is 103 Å². The molecule has 3 nitrogen and oxygen atoms in total. The summed E-state index contributed by atoms with van der Waals surface area (Å²) in [7, 11) is 0. The fourth-order valence-electron chi connectivity index (χ4n) is 2.09. The Bertz CT molecular complexity index is 482. The molecule has 0 aromatic heterocycles. The summed E-state index contributed by atoms with van der Waals surface area (Å²) in [5.74, 6) is -3.76. The summed E-state index contributed by atoms with van der Waals surface area (Å²) in [5.41, 5.74) is -0.135. The summed E-state index contributed by atoms with van der Waals surface area (Å²) in [6, 6.07) is 2.71. The molecule has 0 spiro atoms. The molecule has 96 valence electrons. The molecule has 0 heterocycles. The quantitative estimate of drug-likeness (QED) is 0.663. The van der Waals surface area contributed by atoms with Gasteiger partial charge >= 0.3 is 0 Å². The predicted octanol–water partition coefficient (Wildman–Crippen LogP) is 2.21. The molecule has 1 aliphatic carbocycles. The highest BCUT2D eigenvalue weighted by molar-refractivity contribution is 6.42. The first-order valence-corrected chi connectivity index (χ1v) is 5.88. The van der Waals surface area contributed by atoms with Crippen LogP contribution in [-0.4, -0.2) is 17.7 Å². The lowest BCUT2D eigenvalue weighted by Crippen LogP contribution is -2.37. The Morgan fingerprint density at radius 1 is 1.11 bits per heavy atom. The predicted molar refractivity (Wildman–Crippen MR) is 61.1 cm³/mol. The highest BCUT2D eigenvalue weighted by Crippen LogP contribution is 2.18. The highest BCUT2D eigenvalue weighted by Gasteiger charge is 2.23. The van der Waals surface area contributed by atoms with Gasteiger partial charge in [0.05, 0.1) is 0 Å². The largest absolute Gasteiger partial charge is 0.346 e. The zero-order valence-electron chi connectivity index (χ0n) is 9.71. The second-order valence-corrected chi connectivity index (χ2v) is 4.41. The average Bonchev–Trinajstić information content (AvgIpc) is 2.84. The topological polar surface area (TPSA) is 46.2 Å². The van der Waals surface area contributed by atoms with Crippen molar-refractivity contribution in [2.24, 2.45) is 0 Å². The summed E-state index contributed by atoms with van der Waals surface area (Å²) < 4.78 is 25.7. The standard InChI is InChI=1S/C13H13F2NO2/c14-10-6-5-8(7-11(10)15)12(17)13(18)16-9-3-1-2-4-9/h5-7,9H,1-4H2,(H,16,18). The summed E-state index contributed by atoms with van der Waals surface area (Å²) in [4.78, 5) is 23.3. The van der Waals surface area contributed by atoms with Crippen LogP contribution in [0.1, 0.15) is 36.0 Å². The molecule has 0 radical (unpaired) electrons. The van der Waals surface area contributed by atoms with Gasteiger partial charge in [-0.3, -0.25) is 9.59 Å². The molecule has 1 N–H and O–H groups in total. The number of hydrogen-bond acceptors (Lipinski definition) is 2. The van der Waals surface area contributed by atoms with Gasteiger partial charge in [-0.1, -0.05) is 12.8 Å². The maximum atomic E-state index is 12.9. The average molecular weight is 253 g/mol. The molecule has 18 heavy (non-hydrogen) atoms. The molecule has 2 rings (SSSR count). The fraction of sp³-hybridized carbons (Fsp3) is 0.385. The zero-order chi connectivity index (χ0) is 13.1. The van der Waals surface area contributed by atoms with E-state index < -0.39 is 23.3 Å². The lowest BCUT2D eigenvalue weighted by molar-refractivity contribution is -0.117. The number of benzene rings is 1. The number of ketones is 1. The van der Waals surface area contributed by atoms with Crippen molar-refractivity contribution in [1.82, 2.24) is 5.32 Å². The molecule has 1 saturated carbocycles. The number of amides is 1. The van der Waals surface area contributed by atoms with Gasteiger partial charge < -0.3 is 5.32 Å².